The van der Waals surface area contributed by atoms with Crippen LogP contribution in [0, 0.1) is 6.92 Å². The molecule has 2 heterocycles. The van der Waals surface area contributed by atoms with E-state index in [0.717, 1.165) is 31.2 Å². The monoisotopic (exact) mass is 550 g/mol. The molecule has 1 aromatic heterocycles. The summed E-state index contributed by atoms with van der Waals surface area (Å²) in [6.45, 7) is 3.30. The van der Waals surface area contributed by atoms with Gasteiger partial charge in [0.05, 0.1) is 11.1 Å². The molecule has 0 radical (unpaired) electrons. The van der Waals surface area contributed by atoms with Crippen molar-refractivity contribution in [2.75, 3.05) is 5.32 Å². The third-order valence-corrected chi connectivity index (χ3v) is 7.81. The fraction of sp³-hybridized carbons (Fsp3) is 0.414. The normalized spacial score (nSPS) is 19.0. The average molecular weight is 551 g/mol. The van der Waals surface area contributed by atoms with Gasteiger partial charge in [0.25, 0.3) is 11.5 Å². The molecule has 1 saturated heterocycles. The molecule has 2 atom stereocenters. The van der Waals surface area contributed by atoms with Gasteiger partial charge in [0.15, 0.2) is 6.10 Å². The summed E-state index contributed by atoms with van der Waals surface area (Å²) in [4.78, 5) is 55.2. The summed E-state index contributed by atoms with van der Waals surface area (Å²) in [6.07, 6.45) is 5.21. The Morgan fingerprint density at radius 2 is 1.90 bits per heavy atom. The first-order chi connectivity index (χ1) is 18.7. The van der Waals surface area contributed by atoms with Crippen LogP contribution in [0.3, 0.4) is 0 Å². The number of ether oxygens (including phenoxy) is 1. The lowest BCUT2D eigenvalue weighted by molar-refractivity contribution is -0.135. The van der Waals surface area contributed by atoms with Crippen molar-refractivity contribution < 1.29 is 19.1 Å². The minimum absolute atomic E-state index is 0.143. The molecule has 3 amide bonds. The lowest BCUT2D eigenvalue weighted by atomic mass is 9.83. The summed E-state index contributed by atoms with van der Waals surface area (Å²) in [5, 5.41) is 6.04. The molecule has 2 unspecified atom stereocenters. The number of carbonyl (C=O) groups is 3. The second-order valence-corrected chi connectivity index (χ2v) is 10.7. The van der Waals surface area contributed by atoms with Crippen molar-refractivity contribution in [1.29, 1.82) is 0 Å². The summed E-state index contributed by atoms with van der Waals surface area (Å²) in [7, 11) is 0. The molecule has 10 heteroatoms. The maximum Gasteiger partial charge on any atom is 0.265 e. The van der Waals surface area contributed by atoms with E-state index in [1.807, 2.05) is 12.1 Å². The van der Waals surface area contributed by atoms with Crippen LogP contribution in [0.1, 0.15) is 75.2 Å². The summed E-state index contributed by atoms with van der Waals surface area (Å²) in [6, 6.07) is 9.61. The quantitative estimate of drug-likeness (QED) is 0.426. The molecule has 1 aliphatic carbocycles. The second kappa shape index (κ2) is 11.2. The van der Waals surface area contributed by atoms with Gasteiger partial charge in [-0.2, -0.15) is 0 Å². The predicted molar refractivity (Wildman–Crippen MR) is 148 cm³/mol. The number of amides is 3. The van der Waals surface area contributed by atoms with E-state index in [9.17, 15) is 19.2 Å². The van der Waals surface area contributed by atoms with E-state index < -0.39 is 23.6 Å². The number of nitrogens with one attached hydrogen (secondary N) is 2. The number of rotatable bonds is 6. The van der Waals surface area contributed by atoms with E-state index in [1.54, 1.807) is 38.1 Å². The number of aryl methyl sites for hydroxylation is 1. The zero-order chi connectivity index (χ0) is 27.7. The molecule has 2 aliphatic rings. The van der Waals surface area contributed by atoms with Crippen molar-refractivity contribution in [3.05, 3.63) is 63.2 Å². The number of imide groups is 1. The van der Waals surface area contributed by atoms with Gasteiger partial charge in [-0.15, -0.1) is 0 Å². The smallest absolute Gasteiger partial charge is 0.265 e. The van der Waals surface area contributed by atoms with Gasteiger partial charge < -0.3 is 10.1 Å². The molecule has 0 spiro atoms. The third-order valence-electron chi connectivity index (χ3n) is 7.58. The maximum atomic E-state index is 13.4. The van der Waals surface area contributed by atoms with Crippen LogP contribution in [-0.4, -0.2) is 33.4 Å². The highest BCUT2D eigenvalue weighted by Gasteiger charge is 2.31. The Kier molecular flexibility index (Phi) is 7.70. The Morgan fingerprint density at radius 1 is 1.13 bits per heavy atom. The summed E-state index contributed by atoms with van der Waals surface area (Å²) in [5.41, 5.74) is 1.30. The van der Waals surface area contributed by atoms with Gasteiger partial charge in [0.1, 0.15) is 23.1 Å². The molecule has 0 bridgehead atoms. The molecule has 39 heavy (non-hydrogen) atoms. The number of halogens is 1. The number of hydrogen-bond donors (Lipinski definition) is 2. The van der Waals surface area contributed by atoms with Gasteiger partial charge in [0, 0.05) is 11.4 Å². The van der Waals surface area contributed by atoms with E-state index in [1.165, 1.54) is 11.0 Å². The highest BCUT2D eigenvalue weighted by Crippen LogP contribution is 2.39. The Balaban J connectivity index is 1.39. The van der Waals surface area contributed by atoms with E-state index in [2.05, 4.69) is 15.6 Å². The first-order valence-electron chi connectivity index (χ1n) is 13.4. The maximum absolute atomic E-state index is 13.4. The van der Waals surface area contributed by atoms with Gasteiger partial charge in [-0.3, -0.25) is 29.1 Å². The molecule has 2 fully saturated rings. The van der Waals surface area contributed by atoms with Gasteiger partial charge in [-0.05, 0) is 74.9 Å². The van der Waals surface area contributed by atoms with Gasteiger partial charge >= 0.3 is 0 Å². The van der Waals surface area contributed by atoms with Gasteiger partial charge in [0.2, 0.25) is 11.8 Å². The highest BCUT2D eigenvalue weighted by atomic mass is 35.5. The third kappa shape index (κ3) is 5.54. The second-order valence-electron chi connectivity index (χ2n) is 10.3. The fourth-order valence-electron chi connectivity index (χ4n) is 5.56. The largest absolute Gasteiger partial charge is 0.481 e. The highest BCUT2D eigenvalue weighted by molar-refractivity contribution is 6.30. The summed E-state index contributed by atoms with van der Waals surface area (Å²) >= 11 is 6.29. The van der Waals surface area contributed by atoms with Crippen LogP contribution in [0.2, 0.25) is 5.02 Å². The van der Waals surface area contributed by atoms with Crippen molar-refractivity contribution in [3.8, 4) is 5.75 Å². The van der Waals surface area contributed by atoms with Crippen LogP contribution in [0.4, 0.5) is 5.69 Å². The van der Waals surface area contributed by atoms with Crippen LogP contribution in [0.5, 0.6) is 5.75 Å². The van der Waals surface area contributed by atoms with Crippen LogP contribution in [-0.2, 0) is 14.4 Å². The summed E-state index contributed by atoms with van der Waals surface area (Å²) < 4.78 is 7.45. The van der Waals surface area contributed by atoms with E-state index in [4.69, 9.17) is 16.3 Å². The van der Waals surface area contributed by atoms with Crippen molar-refractivity contribution in [2.24, 2.45) is 0 Å². The predicted octanol–water partition coefficient (Wildman–Crippen LogP) is 4.79. The number of hydrogen-bond acceptors (Lipinski definition) is 6. The molecule has 2 aromatic carbocycles. The van der Waals surface area contributed by atoms with Crippen molar-refractivity contribution >= 4 is 45.9 Å². The number of benzene rings is 2. The molecule has 204 valence electrons. The molecular formula is C29H31ClN4O5. The van der Waals surface area contributed by atoms with Crippen molar-refractivity contribution in [1.82, 2.24) is 14.9 Å². The van der Waals surface area contributed by atoms with E-state index in [0.29, 0.717) is 33.7 Å². The first-order valence-corrected chi connectivity index (χ1v) is 13.7. The first kappa shape index (κ1) is 26.9. The van der Waals surface area contributed by atoms with Crippen LogP contribution < -0.4 is 20.9 Å². The number of anilines is 1. The van der Waals surface area contributed by atoms with Crippen LogP contribution in [0.15, 0.2) is 41.2 Å². The number of aromatic nitrogens is 2. The van der Waals surface area contributed by atoms with Crippen molar-refractivity contribution in [3.63, 3.8) is 0 Å². The number of nitrogens with zero attached hydrogens (tertiary/aromatic N) is 2. The Labute approximate surface area is 230 Å². The minimum Gasteiger partial charge on any atom is -0.481 e. The molecule has 5 rings (SSSR count). The number of piperidine rings is 1. The summed E-state index contributed by atoms with van der Waals surface area (Å²) in [5.74, 6) is 0.0314. The van der Waals surface area contributed by atoms with Crippen LogP contribution >= 0.6 is 11.6 Å². The van der Waals surface area contributed by atoms with Crippen molar-refractivity contribution in [2.45, 2.75) is 76.9 Å². The molecular weight excluding hydrogens is 520 g/mol. The Morgan fingerprint density at radius 3 is 2.64 bits per heavy atom. The number of para-hydroxylation sites is 1. The topological polar surface area (TPSA) is 119 Å². The minimum atomic E-state index is -0.825. The fourth-order valence-corrected chi connectivity index (χ4v) is 5.74. The molecule has 3 aromatic rings. The average Bonchev–Trinajstić information content (AvgIpc) is 2.91. The Hall–Kier alpha value is -3.72. The zero-order valence-electron chi connectivity index (χ0n) is 22.0. The molecule has 2 N–H and O–H groups in total. The molecule has 1 saturated carbocycles. The van der Waals surface area contributed by atoms with Gasteiger partial charge in [-0.1, -0.05) is 36.9 Å². The number of carbonyl (C=O) groups excluding carboxylic acids is 3. The number of fused-ring (bicyclic) bond motifs is 1. The Bertz CT molecular complexity index is 1510. The van der Waals surface area contributed by atoms with Gasteiger partial charge in [-0.25, -0.2) is 4.98 Å². The molecule has 1 aliphatic heterocycles. The zero-order valence-corrected chi connectivity index (χ0v) is 22.7. The van der Waals surface area contributed by atoms with E-state index in [-0.39, 0.29) is 30.0 Å². The SMILES string of the molecule is Cc1nc2c(NC(=O)C(C)Oc3ccc(Cl)cc3C3CCCCC3)cccc2c(=O)n1C1CCC(=O)NC1=O. The lowest BCUT2D eigenvalue weighted by Gasteiger charge is -2.26. The lowest BCUT2D eigenvalue weighted by Crippen LogP contribution is -2.45. The van der Waals surface area contributed by atoms with Crippen LogP contribution in [0.25, 0.3) is 10.9 Å². The van der Waals surface area contributed by atoms with E-state index >= 15 is 0 Å². The molecule has 9 nitrogen and oxygen atoms in total. The standard InChI is InChI=1S/C29H31ClN4O5/c1-16(39-24-13-11-19(30)15-21(24)18-7-4-3-5-8-18)27(36)32-22-10-6-9-20-26(22)31-17(2)34(29(20)38)23-12-14-25(35)33-28(23)37/h6,9-11,13,15-16,18,23H,3-5,7-8,12,14H2,1-2H3,(H,32,36)(H,33,35,37).